The molecule has 0 aliphatic carbocycles. The summed E-state index contributed by atoms with van der Waals surface area (Å²) in [6.45, 7) is 3.61. The first-order chi connectivity index (χ1) is 4.33. The van der Waals surface area contributed by atoms with Crippen molar-refractivity contribution in [1.29, 1.82) is 0 Å². The highest BCUT2D eigenvalue weighted by Crippen LogP contribution is 2.02. The molecule has 0 amide bonds. The zero-order valence-corrected chi connectivity index (χ0v) is 7.00. The average Bonchev–Trinajstić information content (AvgIpc) is 1.88. The lowest BCUT2D eigenvalue weighted by atomic mass is 10.4. The molecule has 0 saturated heterocycles. The summed E-state index contributed by atoms with van der Waals surface area (Å²) in [5, 5.41) is 0. The first kappa shape index (κ1) is 6.74. The Hall–Kier alpha value is -0.380. The third kappa shape index (κ3) is 1.78. The number of pyridine rings is 1. The molecule has 1 aromatic rings. The van der Waals surface area contributed by atoms with Crippen LogP contribution in [0.3, 0.4) is 0 Å². The highest BCUT2D eigenvalue weighted by molar-refractivity contribution is 14.1. The second-order valence-corrected chi connectivity index (χ2v) is 2.69. The van der Waals surface area contributed by atoms with Gasteiger partial charge in [0, 0.05) is 0 Å². The fraction of sp³-hybridized carbons (Fsp3) is 0. The minimum Gasteiger partial charge on any atom is -0.243 e. The average molecular weight is 231 g/mol. The lowest BCUT2D eigenvalue weighted by Crippen LogP contribution is -1.81. The molecule has 1 nitrogen and oxygen atoms in total. The van der Waals surface area contributed by atoms with E-state index in [-0.39, 0.29) is 0 Å². The largest absolute Gasteiger partial charge is 0.243 e. The zero-order valence-electron chi connectivity index (χ0n) is 4.84. The summed E-state index contributed by atoms with van der Waals surface area (Å²) in [5.41, 5.74) is 0.932. The highest BCUT2D eigenvalue weighted by atomic mass is 127. The predicted molar refractivity (Wildman–Crippen MR) is 47.0 cm³/mol. The standard InChI is InChI=1S/C7H6IN/c1-2-6-4-3-5-7(8)9-6/h2-5H,1H2. The van der Waals surface area contributed by atoms with Gasteiger partial charge in [-0.15, -0.1) is 0 Å². The Morgan fingerprint density at radius 1 is 1.56 bits per heavy atom. The topological polar surface area (TPSA) is 12.9 Å². The Kier molecular flexibility index (Phi) is 2.22. The van der Waals surface area contributed by atoms with Crippen molar-refractivity contribution < 1.29 is 0 Å². The monoisotopic (exact) mass is 231 g/mol. The maximum Gasteiger partial charge on any atom is 0.102 e. The number of rotatable bonds is 1. The Labute approximate surface area is 68.0 Å². The minimum absolute atomic E-state index is 0.932. The normalized spacial score (nSPS) is 9.00. The highest BCUT2D eigenvalue weighted by Gasteiger charge is 1.86. The number of aromatic nitrogens is 1. The van der Waals surface area contributed by atoms with Crippen LogP contribution in [-0.4, -0.2) is 4.98 Å². The van der Waals surface area contributed by atoms with Crippen LogP contribution >= 0.6 is 22.6 Å². The molecule has 0 bridgehead atoms. The molecule has 46 valence electrons. The lowest BCUT2D eigenvalue weighted by molar-refractivity contribution is 1.24. The van der Waals surface area contributed by atoms with Crippen LogP contribution in [0, 0.1) is 3.70 Å². The summed E-state index contributed by atoms with van der Waals surface area (Å²) >= 11 is 2.17. The van der Waals surface area contributed by atoms with Crippen LogP contribution in [0.5, 0.6) is 0 Å². The van der Waals surface area contributed by atoms with E-state index < -0.39 is 0 Å². The summed E-state index contributed by atoms with van der Waals surface area (Å²) in [7, 11) is 0. The van der Waals surface area contributed by atoms with Crippen molar-refractivity contribution in [3.05, 3.63) is 34.2 Å². The molecule has 0 unspecified atom stereocenters. The fourth-order valence-corrected chi connectivity index (χ4v) is 1.02. The van der Waals surface area contributed by atoms with Crippen LogP contribution in [0.2, 0.25) is 0 Å². The van der Waals surface area contributed by atoms with Crippen LogP contribution in [0.4, 0.5) is 0 Å². The molecule has 0 N–H and O–H groups in total. The third-order valence-electron chi connectivity index (χ3n) is 0.946. The first-order valence-electron chi connectivity index (χ1n) is 2.58. The molecule has 0 saturated carbocycles. The zero-order chi connectivity index (χ0) is 6.69. The summed E-state index contributed by atoms with van der Waals surface area (Å²) < 4.78 is 1.00. The van der Waals surface area contributed by atoms with Crippen molar-refractivity contribution >= 4 is 28.7 Å². The number of nitrogens with zero attached hydrogens (tertiary/aromatic N) is 1. The van der Waals surface area contributed by atoms with E-state index in [1.54, 1.807) is 6.08 Å². The second-order valence-electron chi connectivity index (χ2n) is 1.59. The van der Waals surface area contributed by atoms with Gasteiger partial charge >= 0.3 is 0 Å². The molecule has 0 atom stereocenters. The maximum atomic E-state index is 4.16. The SMILES string of the molecule is C=Cc1cccc(I)n1. The van der Waals surface area contributed by atoms with E-state index in [9.17, 15) is 0 Å². The van der Waals surface area contributed by atoms with Crippen LogP contribution in [0.1, 0.15) is 5.69 Å². The lowest BCUT2D eigenvalue weighted by Gasteiger charge is -1.90. The van der Waals surface area contributed by atoms with E-state index in [0.717, 1.165) is 9.39 Å². The van der Waals surface area contributed by atoms with Gasteiger partial charge in [-0.1, -0.05) is 12.6 Å². The van der Waals surface area contributed by atoms with E-state index >= 15 is 0 Å². The minimum atomic E-state index is 0.932. The van der Waals surface area contributed by atoms with Gasteiger partial charge < -0.3 is 0 Å². The van der Waals surface area contributed by atoms with Gasteiger partial charge in [0.25, 0.3) is 0 Å². The van der Waals surface area contributed by atoms with Gasteiger partial charge in [-0.3, -0.25) is 0 Å². The summed E-state index contributed by atoms with van der Waals surface area (Å²) in [6.07, 6.45) is 1.74. The molecule has 0 aliphatic rings. The molecule has 1 rings (SSSR count). The number of hydrogen-bond donors (Lipinski definition) is 0. The van der Waals surface area contributed by atoms with Crippen molar-refractivity contribution in [2.75, 3.05) is 0 Å². The Morgan fingerprint density at radius 2 is 2.33 bits per heavy atom. The number of hydrogen-bond acceptors (Lipinski definition) is 1. The molecular weight excluding hydrogens is 225 g/mol. The van der Waals surface area contributed by atoms with Gasteiger partial charge in [0.15, 0.2) is 0 Å². The van der Waals surface area contributed by atoms with Crippen molar-refractivity contribution in [2.45, 2.75) is 0 Å². The molecule has 0 spiro atoms. The quantitative estimate of drug-likeness (QED) is 0.533. The Morgan fingerprint density at radius 3 is 2.78 bits per heavy atom. The van der Waals surface area contributed by atoms with Crippen molar-refractivity contribution in [3.63, 3.8) is 0 Å². The molecule has 0 aliphatic heterocycles. The molecule has 0 radical (unpaired) electrons. The van der Waals surface area contributed by atoms with Crippen LogP contribution in [-0.2, 0) is 0 Å². The van der Waals surface area contributed by atoms with E-state index in [1.165, 1.54) is 0 Å². The number of halogens is 1. The van der Waals surface area contributed by atoms with Gasteiger partial charge in [0.05, 0.1) is 5.69 Å². The molecule has 1 heterocycles. The van der Waals surface area contributed by atoms with Crippen molar-refractivity contribution in [1.82, 2.24) is 4.98 Å². The van der Waals surface area contributed by atoms with Crippen LogP contribution in [0.15, 0.2) is 24.8 Å². The molecule has 0 aromatic carbocycles. The van der Waals surface area contributed by atoms with Gasteiger partial charge in [0.2, 0.25) is 0 Å². The molecular formula is C7H6IN. The van der Waals surface area contributed by atoms with E-state index in [4.69, 9.17) is 0 Å². The van der Waals surface area contributed by atoms with Crippen LogP contribution in [0.25, 0.3) is 6.08 Å². The third-order valence-corrected chi connectivity index (χ3v) is 1.55. The molecule has 0 fully saturated rings. The summed E-state index contributed by atoms with van der Waals surface area (Å²) in [4.78, 5) is 4.16. The van der Waals surface area contributed by atoms with Gasteiger partial charge in [-0.25, -0.2) is 4.98 Å². The van der Waals surface area contributed by atoms with Gasteiger partial charge in [0.1, 0.15) is 3.70 Å². The Bertz CT molecular complexity index is 220. The van der Waals surface area contributed by atoms with Gasteiger partial charge in [-0.05, 0) is 40.8 Å². The van der Waals surface area contributed by atoms with E-state index in [1.807, 2.05) is 18.2 Å². The molecule has 1 aromatic heterocycles. The molecule has 9 heavy (non-hydrogen) atoms. The second kappa shape index (κ2) is 2.96. The van der Waals surface area contributed by atoms with E-state index in [0.29, 0.717) is 0 Å². The molecule has 2 heteroatoms. The smallest absolute Gasteiger partial charge is 0.102 e. The summed E-state index contributed by atoms with van der Waals surface area (Å²) in [6, 6.07) is 5.84. The first-order valence-corrected chi connectivity index (χ1v) is 3.66. The van der Waals surface area contributed by atoms with E-state index in [2.05, 4.69) is 34.2 Å². The fourth-order valence-electron chi connectivity index (χ4n) is 0.538. The summed E-state index contributed by atoms with van der Waals surface area (Å²) in [5.74, 6) is 0. The van der Waals surface area contributed by atoms with Crippen molar-refractivity contribution in [3.8, 4) is 0 Å². The predicted octanol–water partition coefficient (Wildman–Crippen LogP) is 2.33. The van der Waals surface area contributed by atoms with Crippen LogP contribution < -0.4 is 0 Å². The Balaban J connectivity index is 3.07. The maximum absolute atomic E-state index is 4.16. The van der Waals surface area contributed by atoms with Gasteiger partial charge in [-0.2, -0.15) is 0 Å². The van der Waals surface area contributed by atoms with Crippen molar-refractivity contribution in [2.24, 2.45) is 0 Å².